The highest BCUT2D eigenvalue weighted by Gasteiger charge is 2.21. The van der Waals surface area contributed by atoms with Crippen molar-refractivity contribution < 1.29 is 14.2 Å². The molecule has 16 heavy (non-hydrogen) atoms. The summed E-state index contributed by atoms with van der Waals surface area (Å²) in [6, 6.07) is 6.78. The van der Waals surface area contributed by atoms with Crippen molar-refractivity contribution in [3.8, 4) is 0 Å². The summed E-state index contributed by atoms with van der Waals surface area (Å²) in [6.07, 6.45) is 0.430. The summed E-state index contributed by atoms with van der Waals surface area (Å²) >= 11 is 0. The van der Waals surface area contributed by atoms with Crippen molar-refractivity contribution in [1.29, 1.82) is 0 Å². The molecule has 1 aliphatic heterocycles. The van der Waals surface area contributed by atoms with Crippen molar-refractivity contribution in [2.24, 2.45) is 0 Å². The van der Waals surface area contributed by atoms with Gasteiger partial charge in [-0.15, -0.1) is 0 Å². The van der Waals surface area contributed by atoms with Gasteiger partial charge in [0.2, 0.25) is 0 Å². The van der Waals surface area contributed by atoms with Crippen LogP contribution in [0.15, 0.2) is 24.3 Å². The molecule has 0 amide bonds. The number of nitrogens with one attached hydrogen (secondary N) is 1. The van der Waals surface area contributed by atoms with Crippen molar-refractivity contribution in [1.82, 2.24) is 5.32 Å². The van der Waals surface area contributed by atoms with Gasteiger partial charge in [-0.1, -0.05) is 18.2 Å². The van der Waals surface area contributed by atoms with E-state index < -0.39 is 0 Å². The Balaban J connectivity index is 1.74. The van der Waals surface area contributed by atoms with E-state index in [-0.39, 0.29) is 24.6 Å². The average molecular weight is 225 g/mol. The summed E-state index contributed by atoms with van der Waals surface area (Å²) in [5, 5.41) is 12.4. The number of hydrogen-bond donors (Lipinski definition) is 2. The molecular weight excluding hydrogens is 209 g/mol. The maximum Gasteiger partial charge on any atom is 0.128 e. The molecule has 1 aromatic carbocycles. The summed E-state index contributed by atoms with van der Waals surface area (Å²) in [5.41, 5.74) is 0.570. The summed E-state index contributed by atoms with van der Waals surface area (Å²) in [7, 11) is 0. The summed E-state index contributed by atoms with van der Waals surface area (Å²) in [4.78, 5) is 0. The first-order valence-corrected chi connectivity index (χ1v) is 5.48. The van der Waals surface area contributed by atoms with E-state index in [2.05, 4.69) is 5.32 Å². The predicted molar refractivity (Wildman–Crippen MR) is 58.5 cm³/mol. The van der Waals surface area contributed by atoms with Crippen LogP contribution in [0.25, 0.3) is 0 Å². The van der Waals surface area contributed by atoms with Crippen LogP contribution in [0, 0.1) is 5.82 Å². The molecule has 1 heterocycles. The van der Waals surface area contributed by atoms with Gasteiger partial charge in [-0.2, -0.15) is 0 Å². The van der Waals surface area contributed by atoms with Crippen LogP contribution in [-0.2, 0) is 11.3 Å². The third-order valence-corrected chi connectivity index (χ3v) is 2.73. The second-order valence-corrected chi connectivity index (χ2v) is 4.10. The molecule has 2 rings (SSSR count). The first-order valence-electron chi connectivity index (χ1n) is 5.48. The molecule has 3 nitrogen and oxygen atoms in total. The van der Waals surface area contributed by atoms with Gasteiger partial charge in [-0.05, 0) is 12.5 Å². The highest BCUT2D eigenvalue weighted by molar-refractivity contribution is 5.16. The van der Waals surface area contributed by atoms with Crippen LogP contribution in [0.1, 0.15) is 12.0 Å². The molecule has 1 aliphatic rings. The van der Waals surface area contributed by atoms with Crippen LogP contribution in [0.3, 0.4) is 0 Å². The highest BCUT2D eigenvalue weighted by Crippen LogP contribution is 2.10. The minimum Gasteiger partial charge on any atom is -0.392 e. The Morgan fingerprint density at radius 2 is 2.25 bits per heavy atom. The maximum atomic E-state index is 13.2. The standard InChI is InChI=1S/C12H16FNO2/c13-12-4-2-1-3-9(12)7-16-8-10-5-11(15)6-14-10/h1-4,10-11,14-15H,5-8H2/t10-,11+/m0/s1. The molecule has 0 spiro atoms. The van der Waals surface area contributed by atoms with Crippen LogP contribution in [0.5, 0.6) is 0 Å². The zero-order valence-corrected chi connectivity index (χ0v) is 9.03. The fourth-order valence-electron chi connectivity index (χ4n) is 1.85. The Hall–Kier alpha value is -0.970. The van der Waals surface area contributed by atoms with E-state index in [1.54, 1.807) is 18.2 Å². The van der Waals surface area contributed by atoms with Crippen LogP contribution in [-0.4, -0.2) is 30.4 Å². The van der Waals surface area contributed by atoms with E-state index in [4.69, 9.17) is 4.74 Å². The molecule has 0 unspecified atom stereocenters. The molecule has 1 fully saturated rings. The number of ether oxygens (including phenoxy) is 1. The predicted octanol–water partition coefficient (Wildman–Crippen LogP) is 1.07. The van der Waals surface area contributed by atoms with Gasteiger partial charge in [-0.3, -0.25) is 0 Å². The number of β-amino-alcohol motifs (C(OH)–C–C–N with tert-alkyl or cyclic N) is 1. The fraction of sp³-hybridized carbons (Fsp3) is 0.500. The number of halogens is 1. The van der Waals surface area contributed by atoms with Gasteiger partial charge < -0.3 is 15.2 Å². The Morgan fingerprint density at radius 3 is 2.94 bits per heavy atom. The van der Waals surface area contributed by atoms with Crippen LogP contribution < -0.4 is 5.32 Å². The zero-order chi connectivity index (χ0) is 11.4. The minimum atomic E-state index is -0.276. The Bertz CT molecular complexity index is 346. The Kier molecular flexibility index (Phi) is 3.88. The molecular formula is C12H16FNO2. The van der Waals surface area contributed by atoms with Gasteiger partial charge >= 0.3 is 0 Å². The zero-order valence-electron chi connectivity index (χ0n) is 9.03. The molecule has 0 radical (unpaired) electrons. The second-order valence-electron chi connectivity index (χ2n) is 4.10. The molecule has 0 saturated carbocycles. The molecule has 0 aromatic heterocycles. The lowest BCUT2D eigenvalue weighted by Gasteiger charge is -2.10. The van der Waals surface area contributed by atoms with E-state index in [0.29, 0.717) is 25.1 Å². The number of hydrogen-bond acceptors (Lipinski definition) is 3. The van der Waals surface area contributed by atoms with Crippen LogP contribution in [0.4, 0.5) is 4.39 Å². The van der Waals surface area contributed by atoms with Gasteiger partial charge in [0.05, 0.1) is 19.3 Å². The normalized spacial score (nSPS) is 24.9. The summed E-state index contributed by atoms with van der Waals surface area (Å²) < 4.78 is 18.6. The molecule has 2 atom stereocenters. The molecule has 0 bridgehead atoms. The van der Waals surface area contributed by atoms with Gasteiger partial charge in [0.1, 0.15) is 5.82 Å². The molecule has 4 heteroatoms. The lowest BCUT2D eigenvalue weighted by atomic mass is 10.2. The number of aliphatic hydroxyl groups is 1. The third kappa shape index (κ3) is 3.01. The second kappa shape index (κ2) is 5.39. The molecule has 0 aliphatic carbocycles. The number of benzene rings is 1. The van der Waals surface area contributed by atoms with Gasteiger partial charge in [-0.25, -0.2) is 4.39 Å². The number of aliphatic hydroxyl groups excluding tert-OH is 1. The SMILES string of the molecule is O[C@H]1CN[C@H](COCc2ccccc2F)C1. The topological polar surface area (TPSA) is 41.5 Å². The first-order chi connectivity index (χ1) is 7.75. The third-order valence-electron chi connectivity index (χ3n) is 2.73. The summed E-state index contributed by atoms with van der Waals surface area (Å²) in [6.45, 7) is 1.40. The van der Waals surface area contributed by atoms with E-state index in [1.807, 2.05) is 0 Å². The molecule has 1 aromatic rings. The van der Waals surface area contributed by atoms with Crippen LogP contribution in [0.2, 0.25) is 0 Å². The van der Waals surface area contributed by atoms with E-state index in [0.717, 1.165) is 0 Å². The van der Waals surface area contributed by atoms with Gasteiger partial charge in [0, 0.05) is 18.2 Å². The van der Waals surface area contributed by atoms with Crippen molar-refractivity contribution in [3.05, 3.63) is 35.6 Å². The number of rotatable bonds is 4. The van der Waals surface area contributed by atoms with Crippen molar-refractivity contribution in [2.45, 2.75) is 25.2 Å². The molecule has 2 N–H and O–H groups in total. The van der Waals surface area contributed by atoms with E-state index in [9.17, 15) is 9.50 Å². The average Bonchev–Trinajstić information content (AvgIpc) is 2.67. The largest absolute Gasteiger partial charge is 0.392 e. The van der Waals surface area contributed by atoms with Crippen molar-refractivity contribution in [3.63, 3.8) is 0 Å². The lowest BCUT2D eigenvalue weighted by molar-refractivity contribution is 0.0968. The van der Waals surface area contributed by atoms with Gasteiger partial charge in [0.15, 0.2) is 0 Å². The lowest BCUT2D eigenvalue weighted by Crippen LogP contribution is -2.26. The minimum absolute atomic E-state index is 0.182. The summed E-state index contributed by atoms with van der Waals surface area (Å²) in [5.74, 6) is -0.234. The fourth-order valence-corrected chi connectivity index (χ4v) is 1.85. The monoisotopic (exact) mass is 225 g/mol. The highest BCUT2D eigenvalue weighted by atomic mass is 19.1. The van der Waals surface area contributed by atoms with Crippen molar-refractivity contribution in [2.75, 3.05) is 13.2 Å². The smallest absolute Gasteiger partial charge is 0.128 e. The van der Waals surface area contributed by atoms with Gasteiger partial charge in [0.25, 0.3) is 0 Å². The molecule has 1 saturated heterocycles. The Labute approximate surface area is 94.2 Å². The van der Waals surface area contributed by atoms with Crippen molar-refractivity contribution >= 4 is 0 Å². The molecule has 88 valence electrons. The van der Waals surface area contributed by atoms with E-state index in [1.165, 1.54) is 6.07 Å². The van der Waals surface area contributed by atoms with E-state index >= 15 is 0 Å². The maximum absolute atomic E-state index is 13.2. The first kappa shape index (κ1) is 11.5. The quantitative estimate of drug-likeness (QED) is 0.805. The van der Waals surface area contributed by atoms with Crippen LogP contribution >= 0.6 is 0 Å². The Morgan fingerprint density at radius 1 is 1.44 bits per heavy atom.